The first-order valence-corrected chi connectivity index (χ1v) is 10.5. The van der Waals surface area contributed by atoms with E-state index in [0.717, 1.165) is 19.3 Å². The van der Waals surface area contributed by atoms with Crippen LogP contribution in [0.1, 0.15) is 48.9 Å². The molecule has 1 heterocycles. The number of anilines is 1. The molecular weight excluding hydrogens is 352 g/mol. The van der Waals surface area contributed by atoms with Gasteiger partial charge in [-0.05, 0) is 55.4 Å². The fraction of sp³-hybridized carbons (Fsp3) is 0.522. The molecule has 4 aliphatic rings. The van der Waals surface area contributed by atoms with E-state index in [9.17, 15) is 14.4 Å². The molecule has 146 valence electrons. The van der Waals surface area contributed by atoms with Crippen LogP contribution in [-0.2, 0) is 9.59 Å². The maximum atomic E-state index is 12.9. The van der Waals surface area contributed by atoms with E-state index in [1.165, 1.54) is 24.2 Å². The molecule has 0 radical (unpaired) electrons. The van der Waals surface area contributed by atoms with Gasteiger partial charge in [0.25, 0.3) is 5.91 Å². The van der Waals surface area contributed by atoms with Gasteiger partial charge >= 0.3 is 0 Å². The highest BCUT2D eigenvalue weighted by Gasteiger charge is 2.59. The molecule has 2 saturated carbocycles. The summed E-state index contributed by atoms with van der Waals surface area (Å²) < 4.78 is 0. The van der Waals surface area contributed by atoms with Gasteiger partial charge in [0.05, 0.1) is 17.5 Å². The minimum atomic E-state index is -0.193. The van der Waals surface area contributed by atoms with Gasteiger partial charge in [-0.25, -0.2) is 0 Å². The van der Waals surface area contributed by atoms with Crippen LogP contribution in [0.15, 0.2) is 36.4 Å². The fourth-order valence-electron chi connectivity index (χ4n) is 5.75. The summed E-state index contributed by atoms with van der Waals surface area (Å²) in [6.45, 7) is 0. The van der Waals surface area contributed by atoms with E-state index in [2.05, 4.69) is 12.2 Å². The highest BCUT2D eigenvalue weighted by molar-refractivity contribution is 6.22. The number of carbonyl (C=O) groups is 3. The van der Waals surface area contributed by atoms with Gasteiger partial charge in [-0.15, -0.1) is 0 Å². The van der Waals surface area contributed by atoms with E-state index in [1.807, 2.05) is 11.9 Å². The molecule has 1 saturated heterocycles. The Hall–Kier alpha value is -2.43. The highest BCUT2D eigenvalue weighted by Crippen LogP contribution is 2.53. The van der Waals surface area contributed by atoms with Crippen molar-refractivity contribution >= 4 is 23.4 Å². The standard InChI is InChI=1S/C23H26N2O3/c1-24(17-5-3-2-4-6-17)21(26)14-9-11-18(12-10-14)25-22(27)19-15-7-8-16(13-15)20(19)23(25)28/h7-12,15-17,19-20H,2-6,13H2,1H3/t15-,16-,19+,20+/m0/s1. The van der Waals surface area contributed by atoms with Crippen molar-refractivity contribution in [3.8, 4) is 0 Å². The predicted octanol–water partition coefficient (Wildman–Crippen LogP) is 3.40. The highest BCUT2D eigenvalue weighted by atomic mass is 16.2. The van der Waals surface area contributed by atoms with E-state index >= 15 is 0 Å². The molecule has 2 bridgehead atoms. The zero-order valence-electron chi connectivity index (χ0n) is 16.2. The molecule has 5 rings (SSSR count). The molecule has 0 spiro atoms. The molecule has 3 amide bonds. The number of nitrogens with zero attached hydrogens (tertiary/aromatic N) is 2. The van der Waals surface area contributed by atoms with E-state index in [4.69, 9.17) is 0 Å². The van der Waals surface area contributed by atoms with Crippen LogP contribution in [0.3, 0.4) is 0 Å². The summed E-state index contributed by atoms with van der Waals surface area (Å²) in [7, 11) is 1.88. The summed E-state index contributed by atoms with van der Waals surface area (Å²) in [5, 5.41) is 0. The molecule has 3 fully saturated rings. The summed E-state index contributed by atoms with van der Waals surface area (Å²) >= 11 is 0. The summed E-state index contributed by atoms with van der Waals surface area (Å²) in [5.41, 5.74) is 1.19. The SMILES string of the molecule is CN(C(=O)c1ccc(N2C(=O)[C@H]3[C@H](C2=O)[C@H]2C=C[C@H]3C2)cc1)C1CCCCC1. The van der Waals surface area contributed by atoms with Crippen LogP contribution < -0.4 is 4.90 Å². The molecule has 4 atom stereocenters. The van der Waals surface area contributed by atoms with Crippen molar-refractivity contribution in [2.75, 3.05) is 11.9 Å². The Morgan fingerprint density at radius 1 is 0.929 bits per heavy atom. The Kier molecular flexibility index (Phi) is 4.14. The van der Waals surface area contributed by atoms with Crippen molar-refractivity contribution in [3.63, 3.8) is 0 Å². The number of fused-ring (bicyclic) bond motifs is 5. The number of hydrogen-bond acceptors (Lipinski definition) is 3. The summed E-state index contributed by atoms with van der Waals surface area (Å²) in [4.78, 5) is 41.9. The zero-order valence-corrected chi connectivity index (χ0v) is 16.2. The third-order valence-corrected chi connectivity index (χ3v) is 7.29. The predicted molar refractivity (Wildman–Crippen MR) is 106 cm³/mol. The van der Waals surface area contributed by atoms with Crippen LogP contribution in [0.4, 0.5) is 5.69 Å². The molecule has 0 aromatic heterocycles. The molecule has 1 aromatic carbocycles. The normalized spacial score (nSPS) is 31.5. The second kappa shape index (κ2) is 6.57. The minimum Gasteiger partial charge on any atom is -0.339 e. The van der Waals surface area contributed by atoms with E-state index in [0.29, 0.717) is 17.3 Å². The van der Waals surface area contributed by atoms with Gasteiger partial charge in [-0.1, -0.05) is 31.4 Å². The zero-order chi connectivity index (χ0) is 19.4. The molecule has 3 aliphatic carbocycles. The monoisotopic (exact) mass is 378 g/mol. The number of imide groups is 1. The second-order valence-electron chi connectivity index (χ2n) is 8.77. The maximum Gasteiger partial charge on any atom is 0.253 e. The average Bonchev–Trinajstić information content (AvgIpc) is 3.41. The first-order chi connectivity index (χ1) is 13.6. The van der Waals surface area contributed by atoms with Crippen LogP contribution in [-0.4, -0.2) is 35.7 Å². The van der Waals surface area contributed by atoms with Gasteiger partial charge in [-0.2, -0.15) is 0 Å². The fourth-order valence-corrected chi connectivity index (χ4v) is 5.75. The van der Waals surface area contributed by atoms with Gasteiger partial charge in [-0.3, -0.25) is 19.3 Å². The Bertz CT molecular complexity index is 823. The van der Waals surface area contributed by atoms with Gasteiger partial charge in [0, 0.05) is 18.7 Å². The molecular formula is C23H26N2O3. The third-order valence-electron chi connectivity index (χ3n) is 7.29. The van der Waals surface area contributed by atoms with Crippen molar-refractivity contribution in [1.82, 2.24) is 4.90 Å². The first-order valence-electron chi connectivity index (χ1n) is 10.5. The molecule has 0 unspecified atom stereocenters. The van der Waals surface area contributed by atoms with Crippen molar-refractivity contribution in [2.45, 2.75) is 44.6 Å². The van der Waals surface area contributed by atoms with E-state index in [1.54, 1.807) is 24.3 Å². The van der Waals surface area contributed by atoms with Crippen LogP contribution in [0.25, 0.3) is 0 Å². The van der Waals surface area contributed by atoms with Crippen LogP contribution in [0.2, 0.25) is 0 Å². The van der Waals surface area contributed by atoms with E-state index < -0.39 is 0 Å². The van der Waals surface area contributed by atoms with Gasteiger partial charge in [0.2, 0.25) is 11.8 Å². The lowest BCUT2D eigenvalue weighted by atomic mass is 9.85. The molecule has 1 aromatic rings. The van der Waals surface area contributed by atoms with Gasteiger partial charge < -0.3 is 4.90 Å². The number of amides is 3. The largest absolute Gasteiger partial charge is 0.339 e. The number of allylic oxidation sites excluding steroid dienone is 2. The lowest BCUT2D eigenvalue weighted by Crippen LogP contribution is -2.38. The topological polar surface area (TPSA) is 57.7 Å². The molecule has 0 N–H and O–H groups in total. The van der Waals surface area contributed by atoms with Crippen LogP contribution in [0.5, 0.6) is 0 Å². The molecule has 28 heavy (non-hydrogen) atoms. The summed E-state index contributed by atoms with van der Waals surface area (Å²) in [5.74, 6) is -0.113. The lowest BCUT2D eigenvalue weighted by Gasteiger charge is -2.31. The summed E-state index contributed by atoms with van der Waals surface area (Å²) in [6.07, 6.45) is 10.9. The third kappa shape index (κ3) is 2.55. The number of benzene rings is 1. The Labute approximate surface area is 165 Å². The van der Waals surface area contributed by atoms with Crippen LogP contribution in [0, 0.1) is 23.7 Å². The first kappa shape index (κ1) is 17.7. The second-order valence-corrected chi connectivity index (χ2v) is 8.77. The van der Waals surface area contributed by atoms with E-state index in [-0.39, 0.29) is 41.4 Å². The van der Waals surface area contributed by atoms with Crippen molar-refractivity contribution < 1.29 is 14.4 Å². The van der Waals surface area contributed by atoms with Gasteiger partial charge in [0.15, 0.2) is 0 Å². The number of rotatable bonds is 3. The molecule has 5 nitrogen and oxygen atoms in total. The van der Waals surface area contributed by atoms with Crippen molar-refractivity contribution in [3.05, 3.63) is 42.0 Å². The average molecular weight is 378 g/mol. The lowest BCUT2D eigenvalue weighted by molar-refractivity contribution is -0.123. The Balaban J connectivity index is 1.34. The number of carbonyl (C=O) groups excluding carboxylic acids is 3. The smallest absolute Gasteiger partial charge is 0.253 e. The number of hydrogen-bond donors (Lipinski definition) is 0. The Morgan fingerprint density at radius 3 is 2.07 bits per heavy atom. The maximum absolute atomic E-state index is 12.9. The molecule has 5 heteroatoms. The quantitative estimate of drug-likeness (QED) is 0.598. The van der Waals surface area contributed by atoms with Crippen LogP contribution >= 0.6 is 0 Å². The minimum absolute atomic E-state index is 0.0108. The Morgan fingerprint density at radius 2 is 1.50 bits per heavy atom. The summed E-state index contributed by atoms with van der Waals surface area (Å²) in [6, 6.07) is 7.30. The molecule has 1 aliphatic heterocycles. The van der Waals surface area contributed by atoms with Crippen molar-refractivity contribution in [1.29, 1.82) is 0 Å². The van der Waals surface area contributed by atoms with Gasteiger partial charge in [0.1, 0.15) is 0 Å². The van der Waals surface area contributed by atoms with Crippen molar-refractivity contribution in [2.24, 2.45) is 23.7 Å².